The van der Waals surface area contributed by atoms with E-state index in [9.17, 15) is 18.0 Å². The van der Waals surface area contributed by atoms with Crippen LogP contribution in [0.5, 0.6) is 0 Å². The molecule has 0 radical (unpaired) electrons. The van der Waals surface area contributed by atoms with Gasteiger partial charge in [-0.05, 0) is 73.9 Å². The highest BCUT2D eigenvalue weighted by Crippen LogP contribution is 2.24. The monoisotopic (exact) mass is 518 g/mol. The molecule has 0 unspecified atom stereocenters. The van der Waals surface area contributed by atoms with Crippen LogP contribution >= 0.6 is 0 Å². The molecule has 0 aliphatic rings. The Morgan fingerprint density at radius 1 is 0.919 bits per heavy atom. The van der Waals surface area contributed by atoms with Gasteiger partial charge in [-0.15, -0.1) is 0 Å². The van der Waals surface area contributed by atoms with Gasteiger partial charge in [0, 0.05) is 12.6 Å². The second-order valence-electron chi connectivity index (χ2n) is 9.20. The Labute approximate surface area is 216 Å². The van der Waals surface area contributed by atoms with E-state index >= 15 is 0 Å². The molecule has 0 fully saturated rings. The largest absolute Gasteiger partial charge is 0.316 e. The second kappa shape index (κ2) is 10.1. The molecule has 4 rings (SSSR count). The van der Waals surface area contributed by atoms with Gasteiger partial charge in [0.25, 0.3) is 11.5 Å². The lowest BCUT2D eigenvalue weighted by atomic mass is 10.1. The number of nitrogens with zero attached hydrogens (tertiary/aromatic N) is 3. The molecule has 1 heterocycles. The zero-order chi connectivity index (χ0) is 26.9. The van der Waals surface area contributed by atoms with Crippen LogP contribution in [0.3, 0.4) is 0 Å². The lowest BCUT2D eigenvalue weighted by molar-refractivity contribution is 0.102. The Kier molecular flexibility index (Phi) is 7.09. The van der Waals surface area contributed by atoms with E-state index in [1.807, 2.05) is 62.4 Å². The number of sulfonamides is 1. The summed E-state index contributed by atoms with van der Waals surface area (Å²) >= 11 is 0. The molecular formula is C28H30N4O4S. The molecule has 0 bridgehead atoms. The molecule has 0 aliphatic heterocycles. The second-order valence-corrected chi connectivity index (χ2v) is 11.1. The number of hydrogen-bond acceptors (Lipinski definition) is 4. The SMILES string of the molecule is Cc1cc(C)cc(N(Cc2ccc(C(=O)Nc3c(C)n(C)n(-c4ccccc4)c3=O)cc2)S(C)(=O)=O)c1. The van der Waals surface area contributed by atoms with E-state index in [1.54, 1.807) is 42.9 Å². The molecule has 8 nitrogen and oxygen atoms in total. The Morgan fingerprint density at radius 3 is 2.08 bits per heavy atom. The molecule has 1 N–H and O–H groups in total. The standard InChI is InChI=1S/C28H30N4O4S/c1-19-15-20(2)17-25(16-19)31(37(5,35)36)18-22-11-13-23(14-12-22)27(33)29-26-21(3)30(4)32(28(26)34)24-9-7-6-8-10-24/h6-17H,18H2,1-5H3,(H,29,33). The van der Waals surface area contributed by atoms with Crippen molar-refractivity contribution < 1.29 is 13.2 Å². The van der Waals surface area contributed by atoms with Gasteiger partial charge < -0.3 is 5.32 Å². The van der Waals surface area contributed by atoms with E-state index in [0.717, 1.165) is 16.7 Å². The van der Waals surface area contributed by atoms with Crippen molar-refractivity contribution in [1.29, 1.82) is 0 Å². The van der Waals surface area contributed by atoms with Gasteiger partial charge in [0.15, 0.2) is 0 Å². The number of rotatable bonds is 7. The van der Waals surface area contributed by atoms with Gasteiger partial charge in [-0.1, -0.05) is 36.4 Å². The maximum Gasteiger partial charge on any atom is 0.295 e. The lowest BCUT2D eigenvalue weighted by Gasteiger charge is -2.23. The van der Waals surface area contributed by atoms with Crippen molar-refractivity contribution in [1.82, 2.24) is 9.36 Å². The number of para-hydroxylation sites is 1. The van der Waals surface area contributed by atoms with Crippen LogP contribution < -0.4 is 15.2 Å². The molecule has 0 atom stereocenters. The van der Waals surface area contributed by atoms with E-state index in [-0.39, 0.29) is 17.8 Å². The molecule has 3 aromatic carbocycles. The first-order chi connectivity index (χ1) is 17.5. The molecule has 0 aliphatic carbocycles. The summed E-state index contributed by atoms with van der Waals surface area (Å²) in [4.78, 5) is 26.1. The molecule has 0 saturated carbocycles. The van der Waals surface area contributed by atoms with Crippen molar-refractivity contribution in [3.63, 3.8) is 0 Å². The molecule has 9 heteroatoms. The minimum absolute atomic E-state index is 0.128. The van der Waals surface area contributed by atoms with Crippen molar-refractivity contribution in [3.05, 3.63) is 111 Å². The third-order valence-electron chi connectivity index (χ3n) is 6.23. The lowest BCUT2D eigenvalue weighted by Crippen LogP contribution is -2.29. The van der Waals surface area contributed by atoms with Gasteiger partial charge in [-0.3, -0.25) is 18.6 Å². The van der Waals surface area contributed by atoms with Crippen molar-refractivity contribution >= 4 is 27.3 Å². The van der Waals surface area contributed by atoms with Crippen LogP contribution in [-0.4, -0.2) is 29.9 Å². The first kappa shape index (κ1) is 26.0. The summed E-state index contributed by atoms with van der Waals surface area (Å²) in [6.45, 7) is 5.75. The number of anilines is 2. The minimum atomic E-state index is -3.54. The van der Waals surface area contributed by atoms with Crippen LogP contribution in [0, 0.1) is 20.8 Å². The first-order valence-electron chi connectivity index (χ1n) is 11.8. The molecule has 4 aromatic rings. The quantitative estimate of drug-likeness (QED) is 0.394. The summed E-state index contributed by atoms with van der Waals surface area (Å²) < 4.78 is 29.7. The Hall–Kier alpha value is -4.11. The van der Waals surface area contributed by atoms with Crippen LogP contribution in [0.4, 0.5) is 11.4 Å². The van der Waals surface area contributed by atoms with Crippen molar-refractivity contribution in [2.75, 3.05) is 15.9 Å². The summed E-state index contributed by atoms with van der Waals surface area (Å²) in [5, 5.41) is 2.75. The highest BCUT2D eigenvalue weighted by Gasteiger charge is 2.21. The fourth-order valence-electron chi connectivity index (χ4n) is 4.32. The van der Waals surface area contributed by atoms with Crippen LogP contribution in [0.15, 0.2) is 77.6 Å². The van der Waals surface area contributed by atoms with Crippen molar-refractivity contribution in [3.8, 4) is 5.69 Å². The van der Waals surface area contributed by atoms with Crippen LogP contribution in [-0.2, 0) is 23.6 Å². The maximum absolute atomic E-state index is 13.1. The summed E-state index contributed by atoms with van der Waals surface area (Å²) in [5.41, 5.74) is 4.82. The normalized spacial score (nSPS) is 11.4. The van der Waals surface area contributed by atoms with Gasteiger partial charge in [-0.25, -0.2) is 13.1 Å². The number of nitrogens with one attached hydrogen (secondary N) is 1. The van der Waals surface area contributed by atoms with Crippen molar-refractivity contribution in [2.45, 2.75) is 27.3 Å². The van der Waals surface area contributed by atoms with Crippen LogP contribution in [0.25, 0.3) is 5.69 Å². The molecule has 37 heavy (non-hydrogen) atoms. The summed E-state index contributed by atoms with van der Waals surface area (Å²) in [7, 11) is -1.78. The minimum Gasteiger partial charge on any atom is -0.316 e. The van der Waals surface area contributed by atoms with Crippen LogP contribution in [0.2, 0.25) is 0 Å². The predicted molar refractivity (Wildman–Crippen MR) is 147 cm³/mol. The highest BCUT2D eigenvalue weighted by atomic mass is 32.2. The Bertz CT molecular complexity index is 1600. The highest BCUT2D eigenvalue weighted by molar-refractivity contribution is 7.92. The topological polar surface area (TPSA) is 93.4 Å². The number of carbonyl (C=O) groups is 1. The average molecular weight is 519 g/mol. The third-order valence-corrected chi connectivity index (χ3v) is 7.37. The number of hydrogen-bond donors (Lipinski definition) is 1. The predicted octanol–water partition coefficient (Wildman–Crippen LogP) is 4.32. The molecule has 1 amide bonds. The summed E-state index contributed by atoms with van der Waals surface area (Å²) in [6, 6.07) is 21.5. The first-order valence-corrected chi connectivity index (χ1v) is 13.6. The Balaban J connectivity index is 1.56. The number of aryl methyl sites for hydroxylation is 2. The van der Waals surface area contributed by atoms with Crippen LogP contribution in [0.1, 0.15) is 32.7 Å². The fraction of sp³-hybridized carbons (Fsp3) is 0.214. The summed E-state index contributed by atoms with van der Waals surface area (Å²) in [5.74, 6) is -0.424. The number of aromatic nitrogens is 2. The zero-order valence-corrected chi connectivity index (χ0v) is 22.3. The zero-order valence-electron chi connectivity index (χ0n) is 21.5. The average Bonchev–Trinajstić information content (AvgIpc) is 3.05. The van der Waals surface area contributed by atoms with Gasteiger partial charge >= 0.3 is 0 Å². The van der Waals surface area contributed by atoms with E-state index < -0.39 is 15.9 Å². The summed E-state index contributed by atoms with van der Waals surface area (Å²) in [6.07, 6.45) is 1.18. The van der Waals surface area contributed by atoms with Gasteiger partial charge in [-0.2, -0.15) is 0 Å². The number of benzene rings is 3. The number of carbonyl (C=O) groups excluding carboxylic acids is 1. The fourth-order valence-corrected chi connectivity index (χ4v) is 5.19. The van der Waals surface area contributed by atoms with E-state index in [1.165, 1.54) is 15.2 Å². The van der Waals surface area contributed by atoms with Gasteiger partial charge in [0.1, 0.15) is 5.69 Å². The smallest absolute Gasteiger partial charge is 0.295 e. The maximum atomic E-state index is 13.1. The molecule has 0 saturated heterocycles. The van der Waals surface area contributed by atoms with E-state index in [0.29, 0.717) is 22.6 Å². The Morgan fingerprint density at radius 2 is 1.51 bits per heavy atom. The van der Waals surface area contributed by atoms with E-state index in [4.69, 9.17) is 0 Å². The van der Waals surface area contributed by atoms with E-state index in [2.05, 4.69) is 5.32 Å². The van der Waals surface area contributed by atoms with Gasteiger partial charge in [0.05, 0.1) is 29.9 Å². The molecule has 1 aromatic heterocycles. The van der Waals surface area contributed by atoms with Crippen molar-refractivity contribution in [2.24, 2.45) is 7.05 Å². The third kappa shape index (κ3) is 5.51. The van der Waals surface area contributed by atoms with Gasteiger partial charge in [0.2, 0.25) is 10.0 Å². The molecule has 0 spiro atoms. The molecular weight excluding hydrogens is 488 g/mol. The molecule has 192 valence electrons. The number of amides is 1.